The molecule has 1 aliphatic rings. The van der Waals surface area contributed by atoms with Gasteiger partial charge in [0.1, 0.15) is 11.7 Å². The van der Waals surface area contributed by atoms with E-state index < -0.39 is 24.0 Å². The molecule has 22 heavy (non-hydrogen) atoms. The number of para-hydroxylation sites is 1. The normalized spacial score (nSPS) is 21.1. The Kier molecular flexibility index (Phi) is 4.80. The largest absolute Gasteiger partial charge is 0.496 e. The van der Waals surface area contributed by atoms with Crippen molar-refractivity contribution in [2.45, 2.75) is 32.9 Å². The molecule has 0 saturated heterocycles. The van der Waals surface area contributed by atoms with Gasteiger partial charge in [0.05, 0.1) is 19.3 Å². The number of amides is 2. The van der Waals surface area contributed by atoms with Gasteiger partial charge in [-0.2, -0.15) is 0 Å². The number of hydrogen-bond donors (Lipinski definition) is 1. The van der Waals surface area contributed by atoms with Gasteiger partial charge in [-0.1, -0.05) is 18.2 Å². The highest BCUT2D eigenvalue weighted by molar-refractivity contribution is 6.08. The second-order valence-corrected chi connectivity index (χ2v) is 5.39. The Morgan fingerprint density at radius 1 is 1.32 bits per heavy atom. The minimum Gasteiger partial charge on any atom is -0.496 e. The smallest absolute Gasteiger partial charge is 0.341 e. The quantitative estimate of drug-likeness (QED) is 0.867. The number of esters is 1. The van der Waals surface area contributed by atoms with Gasteiger partial charge in [0.25, 0.3) is 0 Å². The van der Waals surface area contributed by atoms with Crippen LogP contribution >= 0.6 is 0 Å². The minimum absolute atomic E-state index is 0.240. The maximum Gasteiger partial charge on any atom is 0.341 e. The van der Waals surface area contributed by atoms with E-state index >= 15 is 0 Å². The van der Waals surface area contributed by atoms with E-state index in [1.807, 2.05) is 18.2 Å². The minimum atomic E-state index is -0.670. The summed E-state index contributed by atoms with van der Waals surface area (Å²) in [6.07, 6.45) is -0.240. The van der Waals surface area contributed by atoms with E-state index in [1.54, 1.807) is 33.9 Å². The molecule has 118 valence electrons. The van der Waals surface area contributed by atoms with E-state index in [2.05, 4.69) is 10.3 Å². The molecular formula is C16H20N2O4. The van der Waals surface area contributed by atoms with E-state index in [1.165, 1.54) is 0 Å². The lowest BCUT2D eigenvalue weighted by Gasteiger charge is -2.31. The molecule has 0 bridgehead atoms. The lowest BCUT2D eigenvalue weighted by atomic mass is 9.88. The molecule has 2 amide bonds. The third-order valence-corrected chi connectivity index (χ3v) is 3.42. The molecule has 0 fully saturated rings. The molecule has 2 unspecified atom stereocenters. The first kappa shape index (κ1) is 16.0. The van der Waals surface area contributed by atoms with Gasteiger partial charge in [-0.05, 0) is 26.8 Å². The van der Waals surface area contributed by atoms with E-state index in [0.29, 0.717) is 11.5 Å². The first-order chi connectivity index (χ1) is 10.4. The summed E-state index contributed by atoms with van der Waals surface area (Å²) in [6, 6.07) is 6.23. The molecule has 2 rings (SSSR count). The summed E-state index contributed by atoms with van der Waals surface area (Å²) in [6.45, 7) is 5.22. The number of carbonyl (C=O) groups is 2. The summed E-state index contributed by atoms with van der Waals surface area (Å²) in [7, 11) is 1.55. The van der Waals surface area contributed by atoms with Crippen molar-refractivity contribution in [3.63, 3.8) is 0 Å². The Bertz CT molecular complexity index is 610. The Morgan fingerprint density at radius 3 is 2.64 bits per heavy atom. The van der Waals surface area contributed by atoms with E-state index in [4.69, 9.17) is 9.47 Å². The molecule has 0 spiro atoms. The predicted molar refractivity (Wildman–Crippen MR) is 82.1 cm³/mol. The van der Waals surface area contributed by atoms with Gasteiger partial charge in [0.15, 0.2) is 0 Å². The SMILES string of the molecule is COc1ccccc1C1NC(=O)N=C(C)C1C(=O)OC(C)C. The summed E-state index contributed by atoms with van der Waals surface area (Å²) in [4.78, 5) is 28.0. The Balaban J connectivity index is 2.44. The van der Waals surface area contributed by atoms with Crippen LogP contribution in [-0.4, -0.2) is 30.9 Å². The van der Waals surface area contributed by atoms with Gasteiger partial charge in [0, 0.05) is 11.3 Å². The van der Waals surface area contributed by atoms with Crippen LogP contribution in [0.1, 0.15) is 32.4 Å². The number of aliphatic imine (C=N–C) groups is 1. The van der Waals surface area contributed by atoms with Crippen molar-refractivity contribution >= 4 is 17.7 Å². The highest BCUT2D eigenvalue weighted by Gasteiger charge is 2.39. The zero-order valence-corrected chi connectivity index (χ0v) is 13.1. The van der Waals surface area contributed by atoms with Crippen molar-refractivity contribution < 1.29 is 19.1 Å². The average molecular weight is 304 g/mol. The van der Waals surface area contributed by atoms with Crippen molar-refractivity contribution in [1.29, 1.82) is 0 Å². The van der Waals surface area contributed by atoms with Crippen LogP contribution in [0.3, 0.4) is 0 Å². The van der Waals surface area contributed by atoms with Crippen molar-refractivity contribution in [3.05, 3.63) is 29.8 Å². The number of ether oxygens (including phenoxy) is 2. The maximum absolute atomic E-state index is 12.4. The molecular weight excluding hydrogens is 284 g/mol. The number of nitrogens with zero attached hydrogens (tertiary/aromatic N) is 1. The molecule has 1 aromatic rings. The fraction of sp³-hybridized carbons (Fsp3) is 0.438. The monoisotopic (exact) mass is 304 g/mol. The van der Waals surface area contributed by atoms with Gasteiger partial charge in [-0.15, -0.1) is 0 Å². The summed E-state index contributed by atoms with van der Waals surface area (Å²) in [5, 5.41) is 2.73. The number of carbonyl (C=O) groups excluding carboxylic acids is 2. The van der Waals surface area contributed by atoms with Crippen LogP contribution in [-0.2, 0) is 9.53 Å². The third-order valence-electron chi connectivity index (χ3n) is 3.42. The summed E-state index contributed by atoms with van der Waals surface area (Å²) < 4.78 is 10.6. The fourth-order valence-corrected chi connectivity index (χ4v) is 2.51. The Morgan fingerprint density at radius 2 is 2.00 bits per heavy atom. The Labute approximate surface area is 129 Å². The Hall–Kier alpha value is -2.37. The molecule has 0 radical (unpaired) electrons. The number of rotatable bonds is 4. The summed E-state index contributed by atoms with van der Waals surface area (Å²) in [5.41, 5.74) is 1.16. The zero-order chi connectivity index (χ0) is 16.3. The second-order valence-electron chi connectivity index (χ2n) is 5.39. The van der Waals surface area contributed by atoms with Crippen LogP contribution < -0.4 is 10.1 Å². The summed E-state index contributed by atoms with van der Waals surface area (Å²) >= 11 is 0. The third kappa shape index (κ3) is 3.27. The molecule has 0 saturated carbocycles. The maximum atomic E-state index is 12.4. The van der Waals surface area contributed by atoms with Gasteiger partial charge >= 0.3 is 12.0 Å². The fourth-order valence-electron chi connectivity index (χ4n) is 2.51. The van der Waals surface area contributed by atoms with Gasteiger partial charge in [-0.3, -0.25) is 4.79 Å². The topological polar surface area (TPSA) is 77.0 Å². The summed E-state index contributed by atoms with van der Waals surface area (Å²) in [5.74, 6) is -0.478. The van der Waals surface area contributed by atoms with Gasteiger partial charge in [0.2, 0.25) is 0 Å². The standard InChI is InChI=1S/C16H20N2O4/c1-9(2)22-15(19)13-10(3)17-16(20)18-14(13)11-7-5-6-8-12(11)21-4/h5-9,13-14H,1-4H3,(H,18,20). The molecule has 2 atom stereocenters. The highest BCUT2D eigenvalue weighted by Crippen LogP contribution is 2.33. The molecule has 0 aromatic heterocycles. The lowest BCUT2D eigenvalue weighted by Crippen LogP contribution is -2.44. The van der Waals surface area contributed by atoms with E-state index in [-0.39, 0.29) is 6.10 Å². The molecule has 1 aromatic carbocycles. The predicted octanol–water partition coefficient (Wildman–Crippen LogP) is 2.49. The van der Waals surface area contributed by atoms with Crippen LogP contribution in [0.5, 0.6) is 5.75 Å². The second kappa shape index (κ2) is 6.60. The van der Waals surface area contributed by atoms with Crippen LogP contribution in [0, 0.1) is 5.92 Å². The van der Waals surface area contributed by atoms with Crippen LogP contribution in [0.2, 0.25) is 0 Å². The first-order valence-corrected chi connectivity index (χ1v) is 7.13. The van der Waals surface area contributed by atoms with Gasteiger partial charge in [-0.25, -0.2) is 9.79 Å². The van der Waals surface area contributed by atoms with Crippen LogP contribution in [0.15, 0.2) is 29.3 Å². The van der Waals surface area contributed by atoms with Gasteiger partial charge < -0.3 is 14.8 Å². The number of urea groups is 1. The van der Waals surface area contributed by atoms with Crippen LogP contribution in [0.25, 0.3) is 0 Å². The average Bonchev–Trinajstić information content (AvgIpc) is 2.45. The van der Waals surface area contributed by atoms with E-state index in [9.17, 15) is 9.59 Å². The molecule has 6 heteroatoms. The number of methoxy groups -OCH3 is 1. The molecule has 1 aliphatic heterocycles. The number of hydrogen-bond acceptors (Lipinski definition) is 4. The molecule has 1 N–H and O–H groups in total. The van der Waals surface area contributed by atoms with Crippen LogP contribution in [0.4, 0.5) is 4.79 Å². The van der Waals surface area contributed by atoms with Crippen molar-refractivity contribution in [3.8, 4) is 5.75 Å². The molecule has 6 nitrogen and oxygen atoms in total. The molecule has 0 aliphatic carbocycles. The lowest BCUT2D eigenvalue weighted by molar-refractivity contribution is -0.150. The number of benzene rings is 1. The zero-order valence-electron chi connectivity index (χ0n) is 13.1. The van der Waals surface area contributed by atoms with Crippen molar-refractivity contribution in [2.75, 3.05) is 7.11 Å². The first-order valence-electron chi connectivity index (χ1n) is 7.13. The number of nitrogens with one attached hydrogen (secondary N) is 1. The highest BCUT2D eigenvalue weighted by atomic mass is 16.5. The molecule has 1 heterocycles. The van der Waals surface area contributed by atoms with Crippen molar-refractivity contribution in [2.24, 2.45) is 10.9 Å². The van der Waals surface area contributed by atoms with Crippen molar-refractivity contribution in [1.82, 2.24) is 5.32 Å². The van der Waals surface area contributed by atoms with E-state index in [0.717, 1.165) is 5.56 Å².